The SMILES string of the molecule is CCCCN(CC)c1nc(C(C)C)c(CNC)s1. The van der Waals surface area contributed by atoms with Crippen molar-refractivity contribution in [2.45, 2.75) is 53.0 Å². The smallest absolute Gasteiger partial charge is 0.185 e. The maximum Gasteiger partial charge on any atom is 0.185 e. The minimum absolute atomic E-state index is 0.503. The molecule has 0 saturated heterocycles. The molecule has 0 bridgehead atoms. The topological polar surface area (TPSA) is 28.2 Å². The van der Waals surface area contributed by atoms with E-state index in [0.29, 0.717) is 5.92 Å². The minimum Gasteiger partial charge on any atom is -0.348 e. The summed E-state index contributed by atoms with van der Waals surface area (Å²) in [5.41, 5.74) is 1.26. The summed E-state index contributed by atoms with van der Waals surface area (Å²) in [7, 11) is 2.00. The third-order valence-electron chi connectivity index (χ3n) is 3.03. The summed E-state index contributed by atoms with van der Waals surface area (Å²) in [6, 6.07) is 0. The first-order chi connectivity index (χ1) is 8.63. The molecule has 0 saturated carbocycles. The van der Waals surface area contributed by atoms with Crippen molar-refractivity contribution in [1.29, 1.82) is 0 Å². The van der Waals surface area contributed by atoms with Crippen molar-refractivity contribution >= 4 is 16.5 Å². The van der Waals surface area contributed by atoms with Gasteiger partial charge in [0.05, 0.1) is 5.69 Å². The van der Waals surface area contributed by atoms with Crippen LogP contribution < -0.4 is 10.2 Å². The number of unbranched alkanes of at least 4 members (excludes halogenated alkanes) is 1. The Morgan fingerprint density at radius 2 is 2.06 bits per heavy atom. The average molecular weight is 269 g/mol. The lowest BCUT2D eigenvalue weighted by molar-refractivity contribution is 0.723. The fourth-order valence-corrected chi connectivity index (χ4v) is 3.28. The monoisotopic (exact) mass is 269 g/mol. The number of nitrogens with zero attached hydrogens (tertiary/aromatic N) is 2. The van der Waals surface area contributed by atoms with Crippen molar-refractivity contribution in [1.82, 2.24) is 10.3 Å². The number of nitrogens with one attached hydrogen (secondary N) is 1. The predicted molar refractivity (Wildman–Crippen MR) is 81.8 cm³/mol. The Labute approximate surface area is 116 Å². The molecule has 0 aliphatic carbocycles. The van der Waals surface area contributed by atoms with E-state index < -0.39 is 0 Å². The van der Waals surface area contributed by atoms with Crippen LogP contribution in [0.2, 0.25) is 0 Å². The second-order valence-corrected chi connectivity index (χ2v) is 5.99. The molecule has 0 fully saturated rings. The Bertz CT molecular complexity index is 347. The molecule has 1 heterocycles. The quantitative estimate of drug-likeness (QED) is 0.781. The lowest BCUT2D eigenvalue weighted by Crippen LogP contribution is -2.23. The Morgan fingerprint density at radius 1 is 1.33 bits per heavy atom. The van der Waals surface area contributed by atoms with Crippen molar-refractivity contribution in [3.8, 4) is 0 Å². The zero-order chi connectivity index (χ0) is 13.5. The highest BCUT2D eigenvalue weighted by Crippen LogP contribution is 2.30. The lowest BCUT2D eigenvalue weighted by atomic mass is 10.1. The third-order valence-corrected chi connectivity index (χ3v) is 4.17. The Balaban J connectivity index is 2.90. The van der Waals surface area contributed by atoms with Gasteiger partial charge in [-0.25, -0.2) is 4.98 Å². The highest BCUT2D eigenvalue weighted by Gasteiger charge is 2.16. The number of aromatic nitrogens is 1. The van der Waals surface area contributed by atoms with Crippen LogP contribution >= 0.6 is 11.3 Å². The fourth-order valence-electron chi connectivity index (χ4n) is 1.96. The van der Waals surface area contributed by atoms with Gasteiger partial charge in [-0.3, -0.25) is 0 Å². The van der Waals surface area contributed by atoms with Crippen LogP contribution in [-0.2, 0) is 6.54 Å². The summed E-state index contributed by atoms with van der Waals surface area (Å²) >= 11 is 1.85. The van der Waals surface area contributed by atoms with E-state index in [4.69, 9.17) is 4.98 Å². The third kappa shape index (κ3) is 3.95. The van der Waals surface area contributed by atoms with Gasteiger partial charge in [0.15, 0.2) is 5.13 Å². The highest BCUT2D eigenvalue weighted by molar-refractivity contribution is 7.15. The van der Waals surface area contributed by atoms with Gasteiger partial charge in [0.1, 0.15) is 0 Å². The standard InChI is InChI=1S/C14H27N3S/c1-6-8-9-17(7-2)14-16-13(11(3)4)12(18-14)10-15-5/h11,15H,6-10H2,1-5H3. The van der Waals surface area contributed by atoms with Crippen LogP contribution in [0.1, 0.15) is 57.0 Å². The van der Waals surface area contributed by atoms with Gasteiger partial charge in [0.2, 0.25) is 0 Å². The molecule has 18 heavy (non-hydrogen) atoms. The Morgan fingerprint density at radius 3 is 2.56 bits per heavy atom. The molecular weight excluding hydrogens is 242 g/mol. The summed E-state index contributed by atoms with van der Waals surface area (Å²) in [6.07, 6.45) is 2.48. The first-order valence-electron chi connectivity index (χ1n) is 7.03. The maximum absolute atomic E-state index is 4.86. The van der Waals surface area contributed by atoms with Crippen LogP contribution in [-0.4, -0.2) is 25.1 Å². The number of anilines is 1. The van der Waals surface area contributed by atoms with Crippen molar-refractivity contribution < 1.29 is 0 Å². The van der Waals surface area contributed by atoms with E-state index in [-0.39, 0.29) is 0 Å². The van der Waals surface area contributed by atoms with Crippen molar-refractivity contribution in [2.24, 2.45) is 0 Å². The van der Waals surface area contributed by atoms with Gasteiger partial charge in [-0.15, -0.1) is 11.3 Å². The lowest BCUT2D eigenvalue weighted by Gasteiger charge is -2.19. The van der Waals surface area contributed by atoms with Crippen molar-refractivity contribution in [3.05, 3.63) is 10.6 Å². The van der Waals surface area contributed by atoms with Crippen LogP contribution in [0.3, 0.4) is 0 Å². The summed E-state index contributed by atoms with van der Waals surface area (Å²) < 4.78 is 0. The van der Waals surface area contributed by atoms with Crippen molar-refractivity contribution in [2.75, 3.05) is 25.0 Å². The van der Waals surface area contributed by atoms with E-state index in [1.54, 1.807) is 0 Å². The molecule has 0 aromatic carbocycles. The molecule has 1 aromatic rings. The minimum atomic E-state index is 0.503. The molecule has 0 atom stereocenters. The molecule has 0 aliphatic heterocycles. The van der Waals surface area contributed by atoms with Crippen molar-refractivity contribution in [3.63, 3.8) is 0 Å². The molecule has 1 rings (SSSR count). The molecule has 4 heteroatoms. The van der Waals surface area contributed by atoms with Gasteiger partial charge in [-0.2, -0.15) is 0 Å². The van der Waals surface area contributed by atoms with Crippen LogP contribution in [0.25, 0.3) is 0 Å². The molecular formula is C14H27N3S. The molecule has 3 nitrogen and oxygen atoms in total. The molecule has 0 unspecified atom stereocenters. The van der Waals surface area contributed by atoms with E-state index in [9.17, 15) is 0 Å². The maximum atomic E-state index is 4.86. The summed E-state index contributed by atoms with van der Waals surface area (Å²) in [5, 5.41) is 4.44. The Kier molecular flexibility index (Phi) is 6.65. The average Bonchev–Trinajstić information content (AvgIpc) is 2.75. The van der Waals surface area contributed by atoms with Gasteiger partial charge in [-0.05, 0) is 26.3 Å². The molecule has 0 spiro atoms. The second-order valence-electron chi connectivity index (χ2n) is 4.92. The first-order valence-corrected chi connectivity index (χ1v) is 7.84. The molecule has 1 N–H and O–H groups in total. The number of hydrogen-bond donors (Lipinski definition) is 1. The van der Waals surface area contributed by atoms with Gasteiger partial charge in [-0.1, -0.05) is 27.2 Å². The summed E-state index contributed by atoms with van der Waals surface area (Å²) in [4.78, 5) is 8.65. The highest BCUT2D eigenvalue weighted by atomic mass is 32.1. The summed E-state index contributed by atoms with van der Waals surface area (Å²) in [6.45, 7) is 12.0. The first kappa shape index (κ1) is 15.4. The van der Waals surface area contributed by atoms with E-state index in [0.717, 1.165) is 19.6 Å². The largest absolute Gasteiger partial charge is 0.348 e. The molecule has 0 amide bonds. The second kappa shape index (κ2) is 7.74. The number of rotatable bonds is 8. The fraction of sp³-hybridized carbons (Fsp3) is 0.786. The van der Waals surface area contributed by atoms with Crippen LogP contribution in [0.15, 0.2) is 0 Å². The van der Waals surface area contributed by atoms with E-state index in [1.165, 1.54) is 28.5 Å². The molecule has 0 aliphatic rings. The van der Waals surface area contributed by atoms with Gasteiger partial charge in [0.25, 0.3) is 0 Å². The zero-order valence-electron chi connectivity index (χ0n) is 12.4. The van der Waals surface area contributed by atoms with Crippen LogP contribution in [0, 0.1) is 0 Å². The van der Waals surface area contributed by atoms with Crippen LogP contribution in [0.4, 0.5) is 5.13 Å². The zero-order valence-corrected chi connectivity index (χ0v) is 13.2. The van der Waals surface area contributed by atoms with E-state index in [1.807, 2.05) is 18.4 Å². The molecule has 104 valence electrons. The van der Waals surface area contributed by atoms with Gasteiger partial charge in [0, 0.05) is 24.5 Å². The Hall–Kier alpha value is -0.610. The number of thiazole rings is 1. The predicted octanol–water partition coefficient (Wildman–Crippen LogP) is 3.61. The molecule has 0 radical (unpaired) electrons. The molecule has 1 aromatic heterocycles. The van der Waals surface area contributed by atoms with E-state index >= 15 is 0 Å². The van der Waals surface area contributed by atoms with Gasteiger partial charge >= 0.3 is 0 Å². The van der Waals surface area contributed by atoms with Crippen LogP contribution in [0.5, 0.6) is 0 Å². The normalized spacial score (nSPS) is 11.2. The van der Waals surface area contributed by atoms with E-state index in [2.05, 4.69) is 37.9 Å². The summed E-state index contributed by atoms with van der Waals surface area (Å²) in [5.74, 6) is 0.503. The number of hydrogen-bond acceptors (Lipinski definition) is 4. The van der Waals surface area contributed by atoms with Gasteiger partial charge < -0.3 is 10.2 Å².